The second kappa shape index (κ2) is 3.45. The molecule has 2 N–H and O–H groups in total. The summed E-state index contributed by atoms with van der Waals surface area (Å²) in [5, 5.41) is 7.47. The van der Waals surface area contributed by atoms with Crippen molar-refractivity contribution >= 4 is 17.3 Å². The zero-order valence-corrected chi connectivity index (χ0v) is 9.04. The molecule has 0 aromatic rings. The van der Waals surface area contributed by atoms with E-state index >= 15 is 0 Å². The van der Waals surface area contributed by atoms with Crippen LogP contribution in [0.4, 0.5) is 0 Å². The standard InChI is InChI=1S/C10H18N2S/c1-10(5-2-6-10)7-11-9(13)12-8-3-4-8/h8H,2-7H2,1H3,(H2,11,12,13). The summed E-state index contributed by atoms with van der Waals surface area (Å²) in [6, 6.07) is 0.675. The second-order valence-electron chi connectivity index (χ2n) is 4.77. The van der Waals surface area contributed by atoms with Crippen molar-refractivity contribution in [2.24, 2.45) is 5.41 Å². The highest BCUT2D eigenvalue weighted by atomic mass is 32.1. The van der Waals surface area contributed by atoms with Gasteiger partial charge in [-0.05, 0) is 43.3 Å². The summed E-state index contributed by atoms with van der Waals surface area (Å²) < 4.78 is 0. The lowest BCUT2D eigenvalue weighted by atomic mass is 9.70. The van der Waals surface area contributed by atoms with E-state index in [1.54, 1.807) is 0 Å². The molecule has 3 heteroatoms. The van der Waals surface area contributed by atoms with Gasteiger partial charge in [-0.3, -0.25) is 0 Å². The third-order valence-corrected chi connectivity index (χ3v) is 3.41. The molecule has 74 valence electrons. The highest BCUT2D eigenvalue weighted by Gasteiger charge is 2.31. The molecular formula is C10H18N2S. The topological polar surface area (TPSA) is 24.1 Å². The molecule has 2 nitrogen and oxygen atoms in total. The van der Waals surface area contributed by atoms with E-state index in [4.69, 9.17) is 12.2 Å². The van der Waals surface area contributed by atoms with Crippen LogP contribution in [0.3, 0.4) is 0 Å². The molecule has 0 radical (unpaired) electrons. The van der Waals surface area contributed by atoms with Crippen molar-refractivity contribution in [1.29, 1.82) is 0 Å². The third kappa shape index (κ3) is 2.56. The van der Waals surface area contributed by atoms with E-state index < -0.39 is 0 Å². The quantitative estimate of drug-likeness (QED) is 0.676. The van der Waals surface area contributed by atoms with E-state index in [1.165, 1.54) is 32.1 Å². The maximum absolute atomic E-state index is 5.19. The van der Waals surface area contributed by atoms with E-state index in [0.717, 1.165) is 11.7 Å². The van der Waals surface area contributed by atoms with Crippen molar-refractivity contribution in [3.05, 3.63) is 0 Å². The van der Waals surface area contributed by atoms with Crippen LogP contribution in [0, 0.1) is 5.41 Å². The summed E-state index contributed by atoms with van der Waals surface area (Å²) in [6.45, 7) is 3.38. The molecule has 2 rings (SSSR count). The lowest BCUT2D eigenvalue weighted by Gasteiger charge is -2.38. The summed E-state index contributed by atoms with van der Waals surface area (Å²) >= 11 is 5.19. The zero-order valence-electron chi connectivity index (χ0n) is 8.23. The Bertz CT molecular complexity index is 207. The van der Waals surface area contributed by atoms with Crippen LogP contribution >= 0.6 is 12.2 Å². The van der Waals surface area contributed by atoms with Gasteiger partial charge in [-0.1, -0.05) is 13.3 Å². The van der Waals surface area contributed by atoms with Gasteiger partial charge in [-0.2, -0.15) is 0 Å². The summed E-state index contributed by atoms with van der Waals surface area (Å²) in [7, 11) is 0. The minimum Gasteiger partial charge on any atom is -0.362 e. The molecule has 0 aromatic carbocycles. The fourth-order valence-corrected chi connectivity index (χ4v) is 1.95. The normalized spacial score (nSPS) is 24.7. The smallest absolute Gasteiger partial charge is 0.166 e. The largest absolute Gasteiger partial charge is 0.362 e. The molecule has 2 saturated carbocycles. The first-order valence-corrected chi connectivity index (χ1v) is 5.63. The van der Waals surface area contributed by atoms with Crippen molar-refractivity contribution in [2.75, 3.05) is 6.54 Å². The van der Waals surface area contributed by atoms with Crippen LogP contribution in [0.25, 0.3) is 0 Å². The molecule has 0 unspecified atom stereocenters. The first-order valence-electron chi connectivity index (χ1n) is 5.22. The van der Waals surface area contributed by atoms with Crippen LogP contribution in [0.1, 0.15) is 39.0 Å². The zero-order chi connectivity index (χ0) is 9.31. The third-order valence-electron chi connectivity index (χ3n) is 3.15. The van der Waals surface area contributed by atoms with Crippen molar-refractivity contribution in [1.82, 2.24) is 10.6 Å². The molecule has 0 heterocycles. The van der Waals surface area contributed by atoms with Gasteiger partial charge in [0, 0.05) is 12.6 Å². The molecule has 0 atom stereocenters. The van der Waals surface area contributed by atoms with Gasteiger partial charge in [0.2, 0.25) is 0 Å². The van der Waals surface area contributed by atoms with Gasteiger partial charge in [0.15, 0.2) is 5.11 Å². The van der Waals surface area contributed by atoms with Crippen molar-refractivity contribution in [2.45, 2.75) is 45.1 Å². The van der Waals surface area contributed by atoms with E-state index in [0.29, 0.717) is 11.5 Å². The number of hydrogen-bond acceptors (Lipinski definition) is 1. The van der Waals surface area contributed by atoms with Gasteiger partial charge >= 0.3 is 0 Å². The minimum atomic E-state index is 0.523. The summed E-state index contributed by atoms with van der Waals surface area (Å²) in [5.41, 5.74) is 0.523. The van der Waals surface area contributed by atoms with Crippen LogP contribution in [0.15, 0.2) is 0 Å². The van der Waals surface area contributed by atoms with E-state index in [9.17, 15) is 0 Å². The molecule has 0 bridgehead atoms. The SMILES string of the molecule is CC1(CNC(=S)NC2CC2)CCC1. The Morgan fingerprint density at radius 1 is 1.46 bits per heavy atom. The van der Waals surface area contributed by atoms with E-state index in [2.05, 4.69) is 17.6 Å². The molecule has 2 aliphatic rings. The second-order valence-corrected chi connectivity index (χ2v) is 5.17. The maximum atomic E-state index is 5.19. The fraction of sp³-hybridized carbons (Fsp3) is 0.900. The van der Waals surface area contributed by atoms with Gasteiger partial charge in [-0.15, -0.1) is 0 Å². The predicted octanol–water partition coefficient (Wildman–Crippen LogP) is 1.80. The first kappa shape index (κ1) is 9.25. The van der Waals surface area contributed by atoms with Crippen LogP contribution in [-0.2, 0) is 0 Å². The number of rotatable bonds is 3. The van der Waals surface area contributed by atoms with Gasteiger partial charge < -0.3 is 10.6 Å². The highest BCUT2D eigenvalue weighted by Crippen LogP contribution is 2.39. The van der Waals surface area contributed by atoms with Crippen LogP contribution in [0.2, 0.25) is 0 Å². The van der Waals surface area contributed by atoms with E-state index in [1.807, 2.05) is 0 Å². The first-order chi connectivity index (χ1) is 6.18. The van der Waals surface area contributed by atoms with Crippen molar-refractivity contribution in [3.8, 4) is 0 Å². The maximum Gasteiger partial charge on any atom is 0.166 e. The minimum absolute atomic E-state index is 0.523. The van der Waals surface area contributed by atoms with Gasteiger partial charge in [-0.25, -0.2) is 0 Å². The molecule has 2 aliphatic carbocycles. The Morgan fingerprint density at radius 3 is 2.62 bits per heavy atom. The fourth-order valence-electron chi connectivity index (χ4n) is 1.71. The molecule has 0 saturated heterocycles. The molecule has 0 aromatic heterocycles. The van der Waals surface area contributed by atoms with Gasteiger partial charge in [0.1, 0.15) is 0 Å². The van der Waals surface area contributed by atoms with E-state index in [-0.39, 0.29) is 0 Å². The molecule has 0 aliphatic heterocycles. The van der Waals surface area contributed by atoms with Crippen LogP contribution < -0.4 is 10.6 Å². The highest BCUT2D eigenvalue weighted by molar-refractivity contribution is 7.80. The monoisotopic (exact) mass is 198 g/mol. The van der Waals surface area contributed by atoms with Gasteiger partial charge in [0.25, 0.3) is 0 Å². The lowest BCUT2D eigenvalue weighted by Crippen LogP contribution is -2.44. The summed E-state index contributed by atoms with van der Waals surface area (Å²) in [6.07, 6.45) is 6.68. The van der Waals surface area contributed by atoms with Crippen molar-refractivity contribution in [3.63, 3.8) is 0 Å². The Morgan fingerprint density at radius 2 is 2.15 bits per heavy atom. The number of thiocarbonyl (C=S) groups is 1. The van der Waals surface area contributed by atoms with Gasteiger partial charge in [0.05, 0.1) is 0 Å². The van der Waals surface area contributed by atoms with Crippen molar-refractivity contribution < 1.29 is 0 Å². The lowest BCUT2D eigenvalue weighted by molar-refractivity contribution is 0.165. The average Bonchev–Trinajstić information content (AvgIpc) is 2.81. The Kier molecular flexibility index (Phi) is 2.45. The number of nitrogens with one attached hydrogen (secondary N) is 2. The molecule has 0 spiro atoms. The Hall–Kier alpha value is -0.310. The van der Waals surface area contributed by atoms with Crippen LogP contribution in [0.5, 0.6) is 0 Å². The number of hydrogen-bond donors (Lipinski definition) is 2. The van der Waals surface area contributed by atoms with Crippen LogP contribution in [-0.4, -0.2) is 17.7 Å². The summed E-state index contributed by atoms with van der Waals surface area (Å²) in [4.78, 5) is 0. The average molecular weight is 198 g/mol. The molecular weight excluding hydrogens is 180 g/mol. The molecule has 13 heavy (non-hydrogen) atoms. The molecule has 0 amide bonds. The Labute approximate surface area is 85.5 Å². The predicted molar refractivity (Wildman–Crippen MR) is 58.7 cm³/mol. The summed E-state index contributed by atoms with van der Waals surface area (Å²) in [5.74, 6) is 0. The molecule has 2 fully saturated rings. The Balaban J connectivity index is 1.63.